The van der Waals surface area contributed by atoms with Gasteiger partial charge in [-0.3, -0.25) is 4.90 Å². The fourth-order valence-corrected chi connectivity index (χ4v) is 3.65. The Morgan fingerprint density at radius 3 is 3.06 bits per heavy atom. The molecule has 2 unspecified atom stereocenters. The number of rotatable bonds is 3. The summed E-state index contributed by atoms with van der Waals surface area (Å²) in [5.74, 6) is -0.193. The summed E-state index contributed by atoms with van der Waals surface area (Å²) in [5, 5.41) is 3.63. The number of hydrogen-bond donors (Lipinski definition) is 1. The van der Waals surface area contributed by atoms with E-state index in [-0.39, 0.29) is 5.82 Å². The smallest absolute Gasteiger partial charge is 0.137 e. The van der Waals surface area contributed by atoms with Crippen LogP contribution in [0.15, 0.2) is 22.7 Å². The Bertz CT molecular complexity index is 438. The van der Waals surface area contributed by atoms with Gasteiger partial charge >= 0.3 is 0 Å². The molecule has 2 aliphatic heterocycles. The maximum Gasteiger partial charge on any atom is 0.137 e. The van der Waals surface area contributed by atoms with Gasteiger partial charge in [-0.25, -0.2) is 4.39 Å². The quantitative estimate of drug-likeness (QED) is 0.923. The SMILES string of the molecule is Fc1ccc(CNC2CCN3CCCC23)cc1Br. The monoisotopic (exact) mass is 312 g/mol. The molecule has 1 N–H and O–H groups in total. The molecule has 0 bridgehead atoms. The minimum atomic E-state index is -0.193. The van der Waals surface area contributed by atoms with Crippen LogP contribution < -0.4 is 5.32 Å². The number of halogens is 2. The van der Waals surface area contributed by atoms with Crippen molar-refractivity contribution in [2.45, 2.75) is 37.9 Å². The van der Waals surface area contributed by atoms with Gasteiger partial charge in [0.1, 0.15) is 5.82 Å². The highest BCUT2D eigenvalue weighted by Crippen LogP contribution is 2.28. The van der Waals surface area contributed by atoms with Crippen LogP contribution in [0.25, 0.3) is 0 Å². The van der Waals surface area contributed by atoms with Gasteiger partial charge in [-0.15, -0.1) is 0 Å². The Labute approximate surface area is 116 Å². The third kappa shape index (κ3) is 2.46. The molecular formula is C14H18BrFN2. The van der Waals surface area contributed by atoms with E-state index in [1.54, 1.807) is 0 Å². The van der Waals surface area contributed by atoms with Crippen molar-refractivity contribution in [3.05, 3.63) is 34.1 Å². The predicted molar refractivity (Wildman–Crippen MR) is 73.9 cm³/mol. The van der Waals surface area contributed by atoms with Gasteiger partial charge in [-0.05, 0) is 59.4 Å². The lowest BCUT2D eigenvalue weighted by Crippen LogP contribution is -2.38. The third-order valence-corrected chi connectivity index (χ3v) is 4.77. The van der Waals surface area contributed by atoms with Crippen LogP contribution in [0.1, 0.15) is 24.8 Å². The second kappa shape index (κ2) is 5.27. The highest BCUT2D eigenvalue weighted by Gasteiger charge is 2.36. The summed E-state index contributed by atoms with van der Waals surface area (Å²) in [6.07, 6.45) is 3.91. The van der Waals surface area contributed by atoms with Gasteiger partial charge in [-0.2, -0.15) is 0 Å². The molecule has 1 aromatic carbocycles. The molecule has 18 heavy (non-hydrogen) atoms. The lowest BCUT2D eigenvalue weighted by atomic mass is 10.1. The summed E-state index contributed by atoms with van der Waals surface area (Å²) in [5.41, 5.74) is 1.14. The molecule has 2 nitrogen and oxygen atoms in total. The van der Waals surface area contributed by atoms with Crippen LogP contribution in [0.4, 0.5) is 4.39 Å². The minimum Gasteiger partial charge on any atom is -0.308 e. The Morgan fingerprint density at radius 2 is 2.22 bits per heavy atom. The summed E-state index contributed by atoms with van der Waals surface area (Å²) in [6, 6.07) is 6.58. The Balaban J connectivity index is 1.59. The molecule has 4 heteroatoms. The Hall–Kier alpha value is -0.450. The van der Waals surface area contributed by atoms with Crippen LogP contribution in [0.5, 0.6) is 0 Å². The van der Waals surface area contributed by atoms with E-state index in [0.29, 0.717) is 10.5 Å². The van der Waals surface area contributed by atoms with Crippen LogP contribution in [0.2, 0.25) is 0 Å². The second-order valence-corrected chi connectivity index (χ2v) is 6.12. The van der Waals surface area contributed by atoms with E-state index in [1.807, 2.05) is 12.1 Å². The van der Waals surface area contributed by atoms with E-state index in [9.17, 15) is 4.39 Å². The van der Waals surface area contributed by atoms with Gasteiger partial charge in [0, 0.05) is 25.2 Å². The molecule has 2 fully saturated rings. The summed E-state index contributed by atoms with van der Waals surface area (Å²) >= 11 is 3.23. The first-order chi connectivity index (χ1) is 8.74. The van der Waals surface area contributed by atoms with Gasteiger partial charge in [0.15, 0.2) is 0 Å². The molecule has 2 heterocycles. The maximum absolute atomic E-state index is 13.1. The summed E-state index contributed by atoms with van der Waals surface area (Å²) in [4.78, 5) is 2.60. The predicted octanol–water partition coefficient (Wildman–Crippen LogP) is 2.91. The van der Waals surface area contributed by atoms with Gasteiger partial charge in [0.2, 0.25) is 0 Å². The third-order valence-electron chi connectivity index (χ3n) is 4.16. The molecule has 0 aliphatic carbocycles. The average molecular weight is 313 g/mol. The maximum atomic E-state index is 13.1. The topological polar surface area (TPSA) is 15.3 Å². The molecule has 2 saturated heterocycles. The zero-order valence-corrected chi connectivity index (χ0v) is 11.9. The molecule has 1 aromatic rings. The average Bonchev–Trinajstić information content (AvgIpc) is 2.94. The van der Waals surface area contributed by atoms with Crippen molar-refractivity contribution in [1.29, 1.82) is 0 Å². The molecule has 0 saturated carbocycles. The molecule has 0 amide bonds. The van der Waals surface area contributed by atoms with Crippen molar-refractivity contribution in [1.82, 2.24) is 10.2 Å². The minimum absolute atomic E-state index is 0.193. The standard InChI is InChI=1S/C14H18BrFN2/c15-11-8-10(3-4-12(11)16)9-17-13-5-7-18-6-1-2-14(13)18/h3-4,8,13-14,17H,1-2,5-7,9H2. The Kier molecular flexibility index (Phi) is 3.68. The van der Waals surface area contributed by atoms with E-state index >= 15 is 0 Å². The molecule has 3 rings (SSSR count). The van der Waals surface area contributed by atoms with Crippen LogP contribution in [-0.2, 0) is 6.54 Å². The van der Waals surface area contributed by atoms with Crippen molar-refractivity contribution < 1.29 is 4.39 Å². The van der Waals surface area contributed by atoms with Gasteiger partial charge in [0.05, 0.1) is 4.47 Å². The first kappa shape index (κ1) is 12.6. The first-order valence-corrected chi connectivity index (χ1v) is 7.45. The first-order valence-electron chi connectivity index (χ1n) is 6.65. The number of fused-ring (bicyclic) bond motifs is 1. The summed E-state index contributed by atoms with van der Waals surface area (Å²) < 4.78 is 13.7. The van der Waals surface area contributed by atoms with E-state index in [0.717, 1.165) is 18.2 Å². The van der Waals surface area contributed by atoms with Gasteiger partial charge in [-0.1, -0.05) is 6.07 Å². The van der Waals surface area contributed by atoms with Crippen molar-refractivity contribution in [3.8, 4) is 0 Å². The second-order valence-electron chi connectivity index (χ2n) is 5.27. The van der Waals surface area contributed by atoms with Crippen LogP contribution in [0, 0.1) is 5.82 Å². The molecule has 0 aromatic heterocycles. The van der Waals surface area contributed by atoms with Crippen LogP contribution in [0.3, 0.4) is 0 Å². The molecular weight excluding hydrogens is 295 g/mol. The largest absolute Gasteiger partial charge is 0.308 e. The highest BCUT2D eigenvalue weighted by atomic mass is 79.9. The van der Waals surface area contributed by atoms with E-state index in [1.165, 1.54) is 38.4 Å². The van der Waals surface area contributed by atoms with E-state index in [4.69, 9.17) is 0 Å². The zero-order valence-electron chi connectivity index (χ0n) is 10.3. The summed E-state index contributed by atoms with van der Waals surface area (Å²) in [7, 11) is 0. The lowest BCUT2D eigenvalue weighted by Gasteiger charge is -2.21. The molecule has 0 radical (unpaired) electrons. The van der Waals surface area contributed by atoms with Crippen molar-refractivity contribution in [3.63, 3.8) is 0 Å². The van der Waals surface area contributed by atoms with Gasteiger partial charge < -0.3 is 5.32 Å². The molecule has 0 spiro atoms. The van der Waals surface area contributed by atoms with Crippen LogP contribution >= 0.6 is 15.9 Å². The number of hydrogen-bond acceptors (Lipinski definition) is 2. The number of nitrogens with zero attached hydrogens (tertiary/aromatic N) is 1. The van der Waals surface area contributed by atoms with Crippen molar-refractivity contribution in [2.24, 2.45) is 0 Å². The normalized spacial score (nSPS) is 27.7. The summed E-state index contributed by atoms with van der Waals surface area (Å²) in [6.45, 7) is 3.33. The van der Waals surface area contributed by atoms with Gasteiger partial charge in [0.25, 0.3) is 0 Å². The zero-order chi connectivity index (χ0) is 12.5. The van der Waals surface area contributed by atoms with E-state index in [2.05, 4.69) is 26.1 Å². The van der Waals surface area contributed by atoms with Crippen molar-refractivity contribution in [2.75, 3.05) is 13.1 Å². The molecule has 2 atom stereocenters. The number of nitrogens with one attached hydrogen (secondary N) is 1. The highest BCUT2D eigenvalue weighted by molar-refractivity contribution is 9.10. The van der Waals surface area contributed by atoms with Crippen molar-refractivity contribution >= 4 is 15.9 Å². The lowest BCUT2D eigenvalue weighted by molar-refractivity contribution is 0.298. The van der Waals surface area contributed by atoms with Crippen LogP contribution in [-0.4, -0.2) is 30.1 Å². The fraction of sp³-hybridized carbons (Fsp3) is 0.571. The fourth-order valence-electron chi connectivity index (χ4n) is 3.22. The Morgan fingerprint density at radius 1 is 1.33 bits per heavy atom. The van der Waals surface area contributed by atoms with E-state index < -0.39 is 0 Å². The molecule has 2 aliphatic rings. The number of benzene rings is 1. The molecule has 98 valence electrons.